The summed E-state index contributed by atoms with van der Waals surface area (Å²) in [6.07, 6.45) is 0. The molecule has 118 valence electrons. The molecule has 0 amide bonds. The number of ether oxygens (including phenoxy) is 1. The third kappa shape index (κ3) is 3.62. The molecule has 2 rings (SSSR count). The largest absolute Gasteiger partial charge is 0.507 e. The molecule has 0 aromatic heterocycles. The number of carboxylic acid groups (broad SMARTS) is 2. The Morgan fingerprint density at radius 2 is 1.48 bits per heavy atom. The number of benzene rings is 2. The summed E-state index contributed by atoms with van der Waals surface area (Å²) in [6.45, 7) is 0. The molecule has 23 heavy (non-hydrogen) atoms. The number of carboxylic acids is 2. The van der Waals surface area contributed by atoms with Gasteiger partial charge in [-0.2, -0.15) is 10.2 Å². The first kappa shape index (κ1) is 16.0. The van der Waals surface area contributed by atoms with Gasteiger partial charge in [0.15, 0.2) is 0 Å². The highest BCUT2D eigenvalue weighted by molar-refractivity contribution is 5.92. The number of hydrogen-bond donors (Lipinski definition) is 3. The van der Waals surface area contributed by atoms with Crippen LogP contribution >= 0.6 is 0 Å². The number of rotatable bonds is 5. The molecule has 0 aliphatic carbocycles. The first-order valence-corrected chi connectivity index (χ1v) is 6.31. The van der Waals surface area contributed by atoms with Gasteiger partial charge >= 0.3 is 11.9 Å². The Kier molecular flexibility index (Phi) is 4.55. The minimum absolute atomic E-state index is 0.00996. The van der Waals surface area contributed by atoms with E-state index < -0.39 is 11.9 Å². The summed E-state index contributed by atoms with van der Waals surface area (Å²) in [5.41, 5.74) is 0.253. The van der Waals surface area contributed by atoms with Crippen molar-refractivity contribution in [3.8, 4) is 11.5 Å². The highest BCUT2D eigenvalue weighted by Crippen LogP contribution is 2.28. The molecule has 0 unspecified atom stereocenters. The number of azo groups is 1. The van der Waals surface area contributed by atoms with Gasteiger partial charge in [0.1, 0.15) is 22.6 Å². The molecule has 2 aromatic rings. The van der Waals surface area contributed by atoms with Crippen LogP contribution in [0.1, 0.15) is 20.7 Å². The van der Waals surface area contributed by atoms with E-state index in [0.717, 1.165) is 0 Å². The maximum absolute atomic E-state index is 11.0. The number of carbonyl (C=O) groups is 2. The lowest BCUT2D eigenvalue weighted by molar-refractivity contribution is 0.0682. The maximum Gasteiger partial charge on any atom is 0.339 e. The second-order valence-electron chi connectivity index (χ2n) is 4.40. The van der Waals surface area contributed by atoms with Crippen molar-refractivity contribution >= 4 is 23.3 Å². The van der Waals surface area contributed by atoms with Crippen LogP contribution in [-0.4, -0.2) is 34.4 Å². The summed E-state index contributed by atoms with van der Waals surface area (Å²) < 4.78 is 4.97. The summed E-state index contributed by atoms with van der Waals surface area (Å²) in [5.74, 6) is -2.66. The van der Waals surface area contributed by atoms with E-state index in [1.807, 2.05) is 0 Å². The van der Waals surface area contributed by atoms with Crippen molar-refractivity contribution in [3.63, 3.8) is 0 Å². The number of aromatic hydroxyl groups is 1. The van der Waals surface area contributed by atoms with Crippen LogP contribution in [0.3, 0.4) is 0 Å². The zero-order valence-corrected chi connectivity index (χ0v) is 11.9. The molecule has 8 heteroatoms. The topological polar surface area (TPSA) is 129 Å². The molecule has 0 bridgehead atoms. The van der Waals surface area contributed by atoms with Crippen molar-refractivity contribution in [1.29, 1.82) is 0 Å². The summed E-state index contributed by atoms with van der Waals surface area (Å²) in [6, 6.07) is 7.93. The van der Waals surface area contributed by atoms with Crippen LogP contribution in [0, 0.1) is 0 Å². The minimum atomic E-state index is -1.29. The molecule has 2 aromatic carbocycles. The van der Waals surface area contributed by atoms with E-state index >= 15 is 0 Å². The van der Waals surface area contributed by atoms with Crippen LogP contribution in [0.4, 0.5) is 11.4 Å². The number of aromatic carboxylic acids is 2. The second-order valence-corrected chi connectivity index (χ2v) is 4.40. The third-order valence-corrected chi connectivity index (χ3v) is 2.91. The molecule has 0 atom stereocenters. The standard InChI is InChI=1S/C15H12N2O6/c1-23-13-7-9(2-4-10(13)14(19)20)17-16-8-3-5-12(18)11(6-8)15(21)22/h2-7,18H,1H3,(H,19,20)(H,21,22). The molecule has 0 aliphatic heterocycles. The minimum Gasteiger partial charge on any atom is -0.507 e. The normalized spacial score (nSPS) is 10.7. The number of hydrogen-bond acceptors (Lipinski definition) is 6. The quantitative estimate of drug-likeness (QED) is 0.726. The molecular weight excluding hydrogens is 304 g/mol. The van der Waals surface area contributed by atoms with Crippen molar-refractivity contribution in [2.75, 3.05) is 7.11 Å². The van der Waals surface area contributed by atoms with Crippen molar-refractivity contribution in [1.82, 2.24) is 0 Å². The molecule has 0 aliphatic rings. The predicted octanol–water partition coefficient (Wildman–Crippen LogP) is 3.21. The highest BCUT2D eigenvalue weighted by Gasteiger charge is 2.12. The second kappa shape index (κ2) is 6.56. The Hall–Kier alpha value is -3.42. The Balaban J connectivity index is 2.32. The van der Waals surface area contributed by atoms with E-state index in [4.69, 9.17) is 14.9 Å². The van der Waals surface area contributed by atoms with Crippen LogP contribution in [-0.2, 0) is 0 Å². The number of methoxy groups -OCH3 is 1. The first-order chi connectivity index (χ1) is 10.9. The third-order valence-electron chi connectivity index (χ3n) is 2.91. The summed E-state index contributed by atoms with van der Waals surface area (Å²) in [4.78, 5) is 21.9. The lowest BCUT2D eigenvalue weighted by Crippen LogP contribution is -1.99. The SMILES string of the molecule is COc1cc(N=Nc2ccc(O)c(C(=O)O)c2)ccc1C(=O)O. The van der Waals surface area contributed by atoms with E-state index in [1.165, 1.54) is 43.5 Å². The van der Waals surface area contributed by atoms with Gasteiger partial charge in [0.25, 0.3) is 0 Å². The van der Waals surface area contributed by atoms with Crippen LogP contribution < -0.4 is 4.74 Å². The summed E-state index contributed by atoms with van der Waals surface area (Å²) in [7, 11) is 1.34. The van der Waals surface area contributed by atoms with Gasteiger partial charge in [-0.3, -0.25) is 0 Å². The van der Waals surface area contributed by atoms with Gasteiger partial charge in [0.05, 0.1) is 18.5 Å². The van der Waals surface area contributed by atoms with E-state index in [1.54, 1.807) is 0 Å². The average Bonchev–Trinajstić information content (AvgIpc) is 2.53. The van der Waals surface area contributed by atoms with E-state index in [0.29, 0.717) is 5.69 Å². The van der Waals surface area contributed by atoms with Crippen LogP contribution in [0.25, 0.3) is 0 Å². The van der Waals surface area contributed by atoms with E-state index in [2.05, 4.69) is 10.2 Å². The zero-order chi connectivity index (χ0) is 17.0. The Morgan fingerprint density at radius 1 is 0.913 bits per heavy atom. The summed E-state index contributed by atoms with van der Waals surface area (Å²) >= 11 is 0. The molecule has 0 heterocycles. The molecule has 0 saturated heterocycles. The Bertz CT molecular complexity index is 801. The fourth-order valence-corrected chi connectivity index (χ4v) is 1.79. The van der Waals surface area contributed by atoms with Crippen LogP contribution in [0.5, 0.6) is 11.5 Å². The lowest BCUT2D eigenvalue weighted by atomic mass is 10.2. The molecule has 8 nitrogen and oxygen atoms in total. The molecule has 0 radical (unpaired) electrons. The lowest BCUT2D eigenvalue weighted by Gasteiger charge is -2.04. The van der Waals surface area contributed by atoms with Gasteiger partial charge in [0.2, 0.25) is 0 Å². The van der Waals surface area contributed by atoms with Gasteiger partial charge in [0, 0.05) is 6.07 Å². The molecule has 0 spiro atoms. The van der Waals surface area contributed by atoms with Gasteiger partial charge in [-0.1, -0.05) is 0 Å². The maximum atomic E-state index is 11.0. The van der Waals surface area contributed by atoms with E-state index in [-0.39, 0.29) is 28.3 Å². The smallest absolute Gasteiger partial charge is 0.339 e. The fourth-order valence-electron chi connectivity index (χ4n) is 1.79. The van der Waals surface area contributed by atoms with Gasteiger partial charge in [-0.25, -0.2) is 9.59 Å². The number of phenols is 1. The average molecular weight is 316 g/mol. The van der Waals surface area contributed by atoms with Crippen molar-refractivity contribution in [2.45, 2.75) is 0 Å². The molecule has 0 saturated carbocycles. The van der Waals surface area contributed by atoms with Crippen molar-refractivity contribution < 1.29 is 29.6 Å². The Labute approximate surface area is 130 Å². The van der Waals surface area contributed by atoms with E-state index in [9.17, 15) is 14.7 Å². The van der Waals surface area contributed by atoms with Gasteiger partial charge in [-0.15, -0.1) is 0 Å². The monoisotopic (exact) mass is 316 g/mol. The predicted molar refractivity (Wildman–Crippen MR) is 79.2 cm³/mol. The molecule has 3 N–H and O–H groups in total. The number of nitrogens with zero attached hydrogens (tertiary/aromatic N) is 2. The van der Waals surface area contributed by atoms with Crippen LogP contribution in [0.15, 0.2) is 46.6 Å². The molecule has 0 fully saturated rings. The van der Waals surface area contributed by atoms with Crippen LogP contribution in [0.2, 0.25) is 0 Å². The van der Waals surface area contributed by atoms with Crippen molar-refractivity contribution in [3.05, 3.63) is 47.5 Å². The fraction of sp³-hybridized carbons (Fsp3) is 0.0667. The first-order valence-electron chi connectivity index (χ1n) is 6.31. The van der Waals surface area contributed by atoms with Crippen molar-refractivity contribution in [2.24, 2.45) is 10.2 Å². The van der Waals surface area contributed by atoms with Gasteiger partial charge < -0.3 is 20.1 Å². The summed E-state index contributed by atoms with van der Waals surface area (Å²) in [5, 5.41) is 35.1. The zero-order valence-electron chi connectivity index (χ0n) is 11.9. The highest BCUT2D eigenvalue weighted by atomic mass is 16.5. The molecular formula is C15H12N2O6. The Morgan fingerprint density at radius 3 is 2.04 bits per heavy atom. The van der Waals surface area contributed by atoms with Gasteiger partial charge in [-0.05, 0) is 30.3 Å².